The van der Waals surface area contributed by atoms with Crippen LogP contribution in [0.3, 0.4) is 0 Å². The molecule has 0 fully saturated rings. The molecule has 0 rings (SSSR count). The molecular weight excluding hydrogens is 141 g/mol. The van der Waals surface area contributed by atoms with Crippen molar-refractivity contribution in [2.24, 2.45) is 4.99 Å². The van der Waals surface area contributed by atoms with Crippen molar-refractivity contribution in [1.29, 1.82) is 0 Å². The van der Waals surface area contributed by atoms with Gasteiger partial charge in [-0.3, -0.25) is 0 Å². The van der Waals surface area contributed by atoms with E-state index in [0.29, 0.717) is 0 Å². The normalized spacial score (nSPS) is 13.7. The van der Waals surface area contributed by atoms with Gasteiger partial charge in [0.25, 0.3) is 0 Å². The van der Waals surface area contributed by atoms with Crippen molar-refractivity contribution < 1.29 is 4.39 Å². The number of aliphatic imine (C=N–C) groups is 1. The van der Waals surface area contributed by atoms with Crippen molar-refractivity contribution in [3.63, 3.8) is 0 Å². The van der Waals surface area contributed by atoms with Gasteiger partial charge in [0.1, 0.15) is 0 Å². The van der Waals surface area contributed by atoms with Crippen molar-refractivity contribution in [3.8, 4) is 0 Å². The van der Waals surface area contributed by atoms with E-state index in [-0.39, 0.29) is 5.16 Å². The van der Waals surface area contributed by atoms with Crippen molar-refractivity contribution in [2.45, 2.75) is 6.92 Å². The van der Waals surface area contributed by atoms with Crippen molar-refractivity contribution in [3.05, 3.63) is 23.1 Å². The van der Waals surface area contributed by atoms with Gasteiger partial charge in [0, 0.05) is 0 Å². The molecule has 3 heteroatoms. The van der Waals surface area contributed by atoms with Gasteiger partial charge in [-0.2, -0.15) is 0 Å². The highest BCUT2D eigenvalue weighted by Gasteiger charge is 1.93. The smallest absolute Gasteiger partial charge is 0.164 e. The van der Waals surface area contributed by atoms with Gasteiger partial charge in [-0.15, -0.1) is 0 Å². The lowest BCUT2D eigenvalue weighted by atomic mass is 10.5. The van der Waals surface area contributed by atoms with E-state index in [0.717, 1.165) is 0 Å². The monoisotopic (exact) mass is 147 g/mol. The van der Waals surface area contributed by atoms with E-state index in [1.807, 2.05) is 0 Å². The molecule has 0 aliphatic heterocycles. The summed E-state index contributed by atoms with van der Waals surface area (Å²) in [7, 11) is 0. The van der Waals surface area contributed by atoms with Crippen LogP contribution in [0.2, 0.25) is 0 Å². The van der Waals surface area contributed by atoms with Crippen LogP contribution >= 0.6 is 11.6 Å². The number of nitrogens with zero attached hydrogens (tertiary/aromatic N) is 1. The fourth-order valence-corrected chi connectivity index (χ4v) is 0.354. The first kappa shape index (κ1) is 8.37. The van der Waals surface area contributed by atoms with Gasteiger partial charge < -0.3 is 0 Å². The minimum Gasteiger partial charge on any atom is -0.249 e. The molecule has 0 aliphatic rings. The zero-order chi connectivity index (χ0) is 7.28. The van der Waals surface area contributed by atoms with Crippen LogP contribution in [0.25, 0.3) is 0 Å². The Balaban J connectivity index is 4.27. The summed E-state index contributed by atoms with van der Waals surface area (Å²) in [6.45, 7) is 4.74. The van der Waals surface area contributed by atoms with Crippen molar-refractivity contribution in [2.75, 3.05) is 0 Å². The van der Waals surface area contributed by atoms with Crippen LogP contribution in [-0.2, 0) is 0 Å². The first-order valence-corrected chi connectivity index (χ1v) is 2.75. The highest BCUT2D eigenvalue weighted by atomic mass is 35.5. The van der Waals surface area contributed by atoms with Crippen LogP contribution in [0.1, 0.15) is 6.92 Å². The van der Waals surface area contributed by atoms with Crippen LogP contribution in [0, 0.1) is 0 Å². The van der Waals surface area contributed by atoms with Crippen LogP contribution in [-0.4, -0.2) is 6.72 Å². The summed E-state index contributed by atoms with van der Waals surface area (Å²) in [6, 6.07) is 0. The molecule has 9 heavy (non-hydrogen) atoms. The van der Waals surface area contributed by atoms with Gasteiger partial charge in [0.2, 0.25) is 0 Å². The lowest BCUT2D eigenvalue weighted by Gasteiger charge is -1.85. The summed E-state index contributed by atoms with van der Waals surface area (Å²) < 4.78 is 12.3. The lowest BCUT2D eigenvalue weighted by Crippen LogP contribution is -1.68. The third-order valence-electron chi connectivity index (χ3n) is 0.649. The predicted molar refractivity (Wildman–Crippen MR) is 38.4 cm³/mol. The van der Waals surface area contributed by atoms with E-state index < -0.39 is 5.83 Å². The minimum absolute atomic E-state index is 0.201. The third kappa shape index (κ3) is 3.03. The Morgan fingerprint density at radius 2 is 2.33 bits per heavy atom. The van der Waals surface area contributed by atoms with E-state index in [1.165, 1.54) is 12.2 Å². The molecule has 0 aromatic heterocycles. The Labute approximate surface area is 58.5 Å². The number of halogens is 2. The molecule has 0 saturated carbocycles. The van der Waals surface area contributed by atoms with E-state index in [9.17, 15) is 4.39 Å². The predicted octanol–water partition coefficient (Wildman–Crippen LogP) is 2.64. The van der Waals surface area contributed by atoms with Crippen LogP contribution in [0.5, 0.6) is 0 Å². The second-order valence-corrected chi connectivity index (χ2v) is 1.65. The Hall–Kier alpha value is -0.630. The largest absolute Gasteiger partial charge is 0.249 e. The average Bonchev–Trinajstić information content (AvgIpc) is 1.87. The van der Waals surface area contributed by atoms with Crippen LogP contribution in [0.15, 0.2) is 28.1 Å². The molecule has 0 radical (unpaired) electrons. The van der Waals surface area contributed by atoms with E-state index in [2.05, 4.69) is 11.7 Å². The summed E-state index contributed by atoms with van der Waals surface area (Å²) in [5.74, 6) is -0.561. The molecular formula is C6H7ClFN. The summed E-state index contributed by atoms with van der Waals surface area (Å²) in [6.07, 6.45) is 2.75. The molecule has 0 bridgehead atoms. The molecule has 0 atom stereocenters. The fraction of sp³-hybridized carbons (Fsp3) is 0.167. The Kier molecular flexibility index (Phi) is 3.97. The Bertz CT molecular complexity index is 160. The SMILES string of the molecule is C=NC(Cl)=C(F)C=CC. The standard InChI is InChI=1S/C6H7ClFN/c1-3-4-5(8)6(7)9-2/h3-4H,2H2,1H3. The third-order valence-corrected chi connectivity index (χ3v) is 0.949. The van der Waals surface area contributed by atoms with Gasteiger partial charge in [-0.25, -0.2) is 9.38 Å². The summed E-state index contributed by atoms with van der Waals surface area (Å²) in [5, 5.41) is -0.201. The van der Waals surface area contributed by atoms with E-state index >= 15 is 0 Å². The van der Waals surface area contributed by atoms with E-state index in [4.69, 9.17) is 11.6 Å². The molecule has 50 valence electrons. The fourth-order valence-electron chi connectivity index (χ4n) is 0.291. The quantitative estimate of drug-likeness (QED) is 0.324. The number of rotatable bonds is 2. The lowest BCUT2D eigenvalue weighted by molar-refractivity contribution is 0.660. The topological polar surface area (TPSA) is 12.4 Å². The summed E-state index contributed by atoms with van der Waals surface area (Å²) >= 11 is 5.22. The molecule has 0 spiro atoms. The van der Waals surface area contributed by atoms with E-state index in [1.54, 1.807) is 6.92 Å². The van der Waals surface area contributed by atoms with Crippen molar-refractivity contribution >= 4 is 18.3 Å². The highest BCUT2D eigenvalue weighted by molar-refractivity contribution is 6.30. The molecule has 1 nitrogen and oxygen atoms in total. The first-order chi connectivity index (χ1) is 4.22. The minimum atomic E-state index is -0.561. The van der Waals surface area contributed by atoms with Crippen LogP contribution in [0.4, 0.5) is 4.39 Å². The molecule has 0 aliphatic carbocycles. The zero-order valence-corrected chi connectivity index (χ0v) is 5.82. The maximum atomic E-state index is 12.3. The van der Waals surface area contributed by atoms with Gasteiger partial charge in [0.15, 0.2) is 11.0 Å². The Morgan fingerprint density at radius 3 is 2.67 bits per heavy atom. The van der Waals surface area contributed by atoms with Gasteiger partial charge in [0.05, 0.1) is 0 Å². The highest BCUT2D eigenvalue weighted by Crippen LogP contribution is 2.12. The molecule has 0 saturated heterocycles. The van der Waals surface area contributed by atoms with Gasteiger partial charge >= 0.3 is 0 Å². The van der Waals surface area contributed by atoms with Gasteiger partial charge in [-0.05, 0) is 19.7 Å². The maximum absolute atomic E-state index is 12.3. The summed E-state index contributed by atoms with van der Waals surface area (Å²) in [5.41, 5.74) is 0. The number of allylic oxidation sites excluding steroid dienone is 3. The van der Waals surface area contributed by atoms with Gasteiger partial charge in [-0.1, -0.05) is 17.7 Å². The molecule has 0 aromatic rings. The molecule has 0 N–H and O–H groups in total. The molecule has 0 heterocycles. The second kappa shape index (κ2) is 4.27. The average molecular weight is 148 g/mol. The number of hydrogen-bond donors (Lipinski definition) is 0. The second-order valence-electron chi connectivity index (χ2n) is 1.30. The molecule has 0 aromatic carbocycles. The Morgan fingerprint density at radius 1 is 1.78 bits per heavy atom. The summed E-state index contributed by atoms with van der Waals surface area (Å²) in [4.78, 5) is 3.18. The zero-order valence-electron chi connectivity index (χ0n) is 5.06. The first-order valence-electron chi connectivity index (χ1n) is 2.37. The number of hydrogen-bond acceptors (Lipinski definition) is 1. The maximum Gasteiger partial charge on any atom is 0.164 e. The molecule has 0 unspecified atom stereocenters. The van der Waals surface area contributed by atoms with Crippen molar-refractivity contribution in [1.82, 2.24) is 0 Å². The molecule has 0 amide bonds. The van der Waals surface area contributed by atoms with Crippen LogP contribution < -0.4 is 0 Å².